The summed E-state index contributed by atoms with van der Waals surface area (Å²) in [6.45, 7) is 12.1. The molecule has 5 aliphatic heterocycles. The van der Waals surface area contributed by atoms with Crippen LogP contribution in [0.2, 0.25) is 0 Å². The third-order valence-corrected chi connectivity index (χ3v) is 18.7. The second-order valence-corrected chi connectivity index (χ2v) is 25.0. The first-order valence-electron chi connectivity index (χ1n) is 31.2. The Kier molecular flexibility index (Phi) is 23.8. The van der Waals surface area contributed by atoms with Crippen molar-refractivity contribution < 1.29 is 92.9 Å². The number of aliphatic hydroxyl groups is 6. The van der Waals surface area contributed by atoms with Crippen LogP contribution < -0.4 is 45.5 Å². The smallest absolute Gasteiger partial charge is 0.261 e. The summed E-state index contributed by atoms with van der Waals surface area (Å²) in [5.74, 6) is -9.49. The number of ether oxygens (including phenoxy) is 1. The van der Waals surface area contributed by atoms with Gasteiger partial charge in [-0.25, -0.2) is 11.8 Å². The molecule has 0 radical (unpaired) electrons. The summed E-state index contributed by atoms with van der Waals surface area (Å²) in [5.41, 5.74) is 4.11. The van der Waals surface area contributed by atoms with Crippen LogP contribution in [0.1, 0.15) is 61.0 Å². The lowest BCUT2D eigenvalue weighted by Crippen LogP contribution is -2.64. The van der Waals surface area contributed by atoms with Crippen molar-refractivity contribution in [2.45, 2.75) is 124 Å². The molecular formula is C64H81N11O19S. The molecule has 30 nitrogen and oxygen atoms in total. The summed E-state index contributed by atoms with van der Waals surface area (Å²) in [6.07, 6.45) is -10.5. The minimum absolute atomic E-state index is 0.0732. The van der Waals surface area contributed by atoms with Gasteiger partial charge in [-0.3, -0.25) is 33.6 Å². The van der Waals surface area contributed by atoms with Crippen LogP contribution in [0, 0.1) is 12.5 Å². The van der Waals surface area contributed by atoms with Crippen molar-refractivity contribution in [3.63, 3.8) is 0 Å². The van der Waals surface area contributed by atoms with Gasteiger partial charge in [-0.1, -0.05) is 52.7 Å². The van der Waals surface area contributed by atoms with Crippen LogP contribution in [0.4, 0.5) is 17.1 Å². The van der Waals surface area contributed by atoms with Crippen molar-refractivity contribution >= 4 is 70.7 Å². The fraction of sp³-hybridized carbons (Fsp3) is 0.500. The van der Waals surface area contributed by atoms with Crippen LogP contribution in [0.15, 0.2) is 97.1 Å². The zero-order chi connectivity index (χ0) is 68.3. The first-order chi connectivity index (χ1) is 45.5. The van der Waals surface area contributed by atoms with E-state index in [9.17, 15) is 69.3 Å². The monoisotopic (exact) mass is 1340 g/mol. The Bertz CT molecular complexity index is 3370. The van der Waals surface area contributed by atoms with Crippen LogP contribution in [-0.4, -0.2) is 238 Å². The standard InChI is InChI=1S/C64H81N11O19S/c1-36-34-75-55(56(36)82)61(87)66-32-44(77)30-46(67-57(83)39-11-13-41(14-12-39)72-24-26-73(27-25-72)43-17-15-42(16-18-43)71-22-20-64(91-4,21-23-71)40-8-6-5-7-9-40)58(84)68-52(37(2)76)62(88)74-35-45(78)31-47(74)59(85)69-53(60(86)70-54(63(75)89)50(81)33-65-3)49(80)28-38-10-19-48(79)51(29-38)92-95-94-93-90/h5-19,29,36-37,44-47,49-50,52-56,76-82,90H,20-28,30-35H2,1-2,4H3,(H,66,87)(H,67,83)(H,68,84)(H,69,85)(H,70,86)/t36-,37+,44+,45+,46+,47+,49-,50-,52+,53+,54+,55+,56+/m1/s1. The number of methoxy groups -OCH3 is 1. The molecule has 0 spiro atoms. The number of β-amino-alcohol motifs (C(OH)–C–C–N with tert-alkyl or cyclic N) is 1. The SMILES string of the molecule is [C-]#[N+]C[C@@H](O)[C@@H]1NC(=O)[C@H]([C@H](O)Cc2ccc(O)c(OSOOO)c2)NC(=O)[C@@H]2C[C@H](O)CN2C(=O)[C@H]([C@H](C)O)NC(=O)[C@@H](NC(=O)c2ccc(N3CCN(c4ccc(N5CCC(OC)(c6ccccc6)CC5)cc4)CC3)cc2)C[C@H](O)CNC(=O)[C@@H]2[C@@H](O)[C@H](C)CN2C1=O. The number of aliphatic hydroxyl groups excluding tert-OH is 6. The van der Waals surface area contributed by atoms with Crippen molar-refractivity contribution in [2.75, 3.05) is 87.3 Å². The van der Waals surface area contributed by atoms with E-state index in [1.807, 2.05) is 18.2 Å². The number of nitrogens with one attached hydrogen (secondary N) is 5. The van der Waals surface area contributed by atoms with E-state index >= 15 is 0 Å². The first kappa shape index (κ1) is 70.9. The van der Waals surface area contributed by atoms with Crippen LogP contribution in [0.5, 0.6) is 11.5 Å². The molecule has 0 saturated carbocycles. The zero-order valence-electron chi connectivity index (χ0n) is 52.5. The van der Waals surface area contributed by atoms with E-state index in [1.165, 1.54) is 24.6 Å². The maximum atomic E-state index is 14.7. The highest BCUT2D eigenvalue weighted by atomic mass is 32.2. The molecule has 7 amide bonds. The molecular weight excluding hydrogens is 1260 g/mol. The summed E-state index contributed by atoms with van der Waals surface area (Å²) in [4.78, 5) is 113. The molecule has 5 fully saturated rings. The highest BCUT2D eigenvalue weighted by Gasteiger charge is 2.50. The Labute approximate surface area is 552 Å². The fourth-order valence-electron chi connectivity index (χ4n) is 12.9. The summed E-state index contributed by atoms with van der Waals surface area (Å²) in [5, 5.41) is 103. The number of hydrogen-bond acceptors (Lipinski definition) is 23. The minimum atomic E-state index is -2.15. The number of piperidine rings is 1. The summed E-state index contributed by atoms with van der Waals surface area (Å²) >= 11 is 0.0732. The molecule has 13 N–H and O–H groups in total. The molecule has 5 saturated heterocycles. The topological polar surface area (TPSA) is 399 Å². The summed E-state index contributed by atoms with van der Waals surface area (Å²) in [7, 11) is 1.78. The van der Waals surface area contributed by atoms with E-state index < -0.39 is 165 Å². The van der Waals surface area contributed by atoms with Gasteiger partial charge < -0.3 is 101 Å². The lowest BCUT2D eigenvalue weighted by atomic mass is 9.84. The molecule has 31 heteroatoms. The Morgan fingerprint density at radius 3 is 1.91 bits per heavy atom. The molecule has 95 heavy (non-hydrogen) atoms. The second kappa shape index (κ2) is 31.9. The van der Waals surface area contributed by atoms with Crippen molar-refractivity contribution in [2.24, 2.45) is 5.92 Å². The lowest BCUT2D eigenvalue weighted by Gasteiger charge is -2.42. The third kappa shape index (κ3) is 16.8. The van der Waals surface area contributed by atoms with Crippen LogP contribution in [-0.2, 0) is 54.9 Å². The number of phenolic OH excluding ortho intramolecular Hbond substituents is 1. The minimum Gasteiger partial charge on any atom is -0.504 e. The van der Waals surface area contributed by atoms with Crippen molar-refractivity contribution in [3.8, 4) is 11.5 Å². The van der Waals surface area contributed by atoms with Gasteiger partial charge in [0.15, 0.2) is 17.6 Å². The molecule has 4 aromatic carbocycles. The van der Waals surface area contributed by atoms with E-state index in [-0.39, 0.29) is 41.3 Å². The van der Waals surface area contributed by atoms with Crippen LogP contribution in [0.3, 0.4) is 0 Å². The quantitative estimate of drug-likeness (QED) is 0.0200. The second-order valence-electron chi connectivity index (χ2n) is 24.5. The fourth-order valence-corrected chi connectivity index (χ4v) is 13.2. The molecule has 512 valence electrons. The average Bonchev–Trinajstić information content (AvgIpc) is 1.79. The number of phenols is 1. The van der Waals surface area contributed by atoms with E-state index in [2.05, 4.69) is 91.9 Å². The van der Waals surface area contributed by atoms with Gasteiger partial charge in [-0.15, -0.1) is 0 Å². The number of carbonyl (C=O) groups excluding carboxylic acids is 7. The van der Waals surface area contributed by atoms with E-state index in [0.29, 0.717) is 26.2 Å². The number of piperazine rings is 1. The van der Waals surface area contributed by atoms with Crippen molar-refractivity contribution in [1.29, 1.82) is 0 Å². The highest BCUT2D eigenvalue weighted by Crippen LogP contribution is 2.38. The number of nitrogens with zero attached hydrogens (tertiary/aromatic N) is 6. The molecule has 4 aromatic rings. The van der Waals surface area contributed by atoms with Gasteiger partial charge in [0, 0.05) is 114 Å². The number of aromatic hydroxyl groups is 1. The number of hydrogen-bond donors (Lipinski definition) is 13. The summed E-state index contributed by atoms with van der Waals surface area (Å²) in [6, 6.07) is 17.7. The number of benzene rings is 4. The number of anilines is 3. The van der Waals surface area contributed by atoms with Gasteiger partial charge in [-0.05, 0) is 91.6 Å². The van der Waals surface area contributed by atoms with Gasteiger partial charge in [0.25, 0.3) is 18.2 Å². The van der Waals surface area contributed by atoms with E-state index in [1.54, 1.807) is 31.4 Å². The molecule has 0 aromatic heterocycles. The van der Waals surface area contributed by atoms with Gasteiger partial charge in [-0.2, -0.15) is 0 Å². The molecule has 0 aliphatic carbocycles. The maximum Gasteiger partial charge on any atom is 0.261 e. The molecule has 5 heterocycles. The van der Waals surface area contributed by atoms with Gasteiger partial charge in [0.05, 0.1) is 36.1 Å². The van der Waals surface area contributed by atoms with Crippen LogP contribution >= 0.6 is 12.3 Å². The van der Waals surface area contributed by atoms with Crippen LogP contribution in [0.25, 0.3) is 4.85 Å². The predicted octanol–water partition coefficient (Wildman–Crippen LogP) is -0.908. The predicted molar refractivity (Wildman–Crippen MR) is 341 cm³/mol. The normalized spacial score (nSPS) is 26.7. The van der Waals surface area contributed by atoms with Gasteiger partial charge in [0.1, 0.15) is 36.3 Å². The highest BCUT2D eigenvalue weighted by molar-refractivity contribution is 7.90. The molecule has 0 unspecified atom stereocenters. The van der Waals surface area contributed by atoms with Gasteiger partial charge >= 0.3 is 0 Å². The van der Waals surface area contributed by atoms with Crippen molar-refractivity contribution in [3.05, 3.63) is 125 Å². The maximum absolute atomic E-state index is 14.7. The Balaban J connectivity index is 0.923. The number of rotatable bonds is 17. The number of amides is 7. The third-order valence-electron chi connectivity index (χ3n) is 18.3. The van der Waals surface area contributed by atoms with Gasteiger partial charge in [0.2, 0.25) is 42.0 Å². The summed E-state index contributed by atoms with van der Waals surface area (Å²) < 4.78 is 15.4. The lowest BCUT2D eigenvalue weighted by molar-refractivity contribution is -0.433. The first-order valence-corrected chi connectivity index (χ1v) is 31.9. The van der Waals surface area contributed by atoms with E-state index in [0.717, 1.165) is 65.8 Å². The largest absolute Gasteiger partial charge is 0.504 e. The molecule has 9 rings (SSSR count). The van der Waals surface area contributed by atoms with E-state index in [4.69, 9.17) is 20.7 Å². The Hall–Kier alpha value is -8.39. The zero-order valence-corrected chi connectivity index (χ0v) is 53.3. The van der Waals surface area contributed by atoms with Crippen molar-refractivity contribution in [1.82, 2.24) is 36.4 Å². The average molecular weight is 1340 g/mol. The Morgan fingerprint density at radius 2 is 1.31 bits per heavy atom. The molecule has 13 atom stereocenters. The molecule has 5 aliphatic rings. The number of carbonyl (C=O) groups is 7. The molecule has 0 bridgehead atoms. The number of fused-ring (bicyclic) bond motifs is 2. The Morgan fingerprint density at radius 1 is 0.716 bits per heavy atom.